The summed E-state index contributed by atoms with van der Waals surface area (Å²) in [7, 11) is 2.14. The van der Waals surface area contributed by atoms with E-state index >= 15 is 0 Å². The lowest BCUT2D eigenvalue weighted by Gasteiger charge is -2.35. The first-order valence-electron chi connectivity index (χ1n) is 10.5. The van der Waals surface area contributed by atoms with E-state index in [9.17, 15) is 5.11 Å². The number of anilines is 1. The molecule has 0 spiro atoms. The molecule has 0 saturated heterocycles. The lowest BCUT2D eigenvalue weighted by molar-refractivity contribution is 0.312. The standard InChI is InChI=1S/C23H27N5O/c1-15-24-9-10-28(15)18-5-6-20(22(29)14-18)21-7-8-23(26-25-21)27(2)19-12-16-3-4-17(11-16)13-19/h5-10,14,16-17,19,29H,3-4,11-13H2,1-2H3/t16-,17?,19?/m0/s1. The minimum atomic E-state index is 0.190. The number of nitrogens with zero attached hydrogens (tertiary/aromatic N) is 5. The molecule has 3 atom stereocenters. The molecule has 2 bridgehead atoms. The number of fused-ring (bicyclic) bond motifs is 2. The smallest absolute Gasteiger partial charge is 0.151 e. The summed E-state index contributed by atoms with van der Waals surface area (Å²) in [5.74, 6) is 3.76. The third-order valence-electron chi connectivity index (χ3n) is 6.78. The molecule has 3 aromatic rings. The minimum absolute atomic E-state index is 0.190. The van der Waals surface area contributed by atoms with Gasteiger partial charge in [0.15, 0.2) is 5.82 Å². The summed E-state index contributed by atoms with van der Waals surface area (Å²) in [6.07, 6.45) is 10.4. The number of aryl methyl sites for hydroxylation is 1. The number of aromatic nitrogens is 4. The number of imidazole rings is 1. The summed E-state index contributed by atoms with van der Waals surface area (Å²) >= 11 is 0. The molecule has 2 aliphatic rings. The van der Waals surface area contributed by atoms with Crippen molar-refractivity contribution in [2.24, 2.45) is 11.8 Å². The topological polar surface area (TPSA) is 67.1 Å². The van der Waals surface area contributed by atoms with Gasteiger partial charge in [0.25, 0.3) is 0 Å². The van der Waals surface area contributed by atoms with E-state index in [0.717, 1.165) is 29.2 Å². The third kappa shape index (κ3) is 3.37. The Labute approximate surface area is 171 Å². The van der Waals surface area contributed by atoms with E-state index in [0.29, 0.717) is 17.3 Å². The molecule has 0 aliphatic heterocycles. The van der Waals surface area contributed by atoms with Crippen LogP contribution in [0.5, 0.6) is 5.75 Å². The monoisotopic (exact) mass is 389 g/mol. The SMILES string of the molecule is Cc1nccn1-c1ccc(-c2ccc(N(C)C3CC4CC[C@@H](C4)C3)nn2)c(O)c1. The van der Waals surface area contributed by atoms with Crippen molar-refractivity contribution in [2.75, 3.05) is 11.9 Å². The highest BCUT2D eigenvalue weighted by molar-refractivity contribution is 5.69. The molecular formula is C23H27N5O. The average Bonchev–Trinajstić information content (AvgIpc) is 3.32. The first-order valence-corrected chi connectivity index (χ1v) is 10.5. The lowest BCUT2D eigenvalue weighted by atomic mass is 9.85. The normalized spacial score (nSPS) is 23.3. The van der Waals surface area contributed by atoms with Crippen molar-refractivity contribution >= 4 is 5.82 Å². The maximum atomic E-state index is 10.6. The van der Waals surface area contributed by atoms with Gasteiger partial charge < -0.3 is 14.6 Å². The van der Waals surface area contributed by atoms with Gasteiger partial charge >= 0.3 is 0 Å². The second kappa shape index (κ2) is 7.17. The van der Waals surface area contributed by atoms with Crippen LogP contribution in [0.3, 0.4) is 0 Å². The van der Waals surface area contributed by atoms with Crippen molar-refractivity contribution in [3.63, 3.8) is 0 Å². The van der Waals surface area contributed by atoms with Crippen molar-refractivity contribution in [1.82, 2.24) is 19.7 Å². The van der Waals surface area contributed by atoms with Crippen molar-refractivity contribution < 1.29 is 5.11 Å². The highest BCUT2D eigenvalue weighted by Gasteiger charge is 2.36. The number of hydrogen-bond acceptors (Lipinski definition) is 5. The number of rotatable bonds is 4. The van der Waals surface area contributed by atoms with Gasteiger partial charge in [0.1, 0.15) is 11.6 Å². The Balaban J connectivity index is 1.35. The van der Waals surface area contributed by atoms with Crippen molar-refractivity contribution in [2.45, 2.75) is 45.1 Å². The summed E-state index contributed by atoms with van der Waals surface area (Å²) in [6.45, 7) is 1.93. The van der Waals surface area contributed by atoms with Crippen LogP contribution < -0.4 is 4.90 Å². The Morgan fingerprint density at radius 2 is 1.83 bits per heavy atom. The molecule has 0 radical (unpaired) electrons. The van der Waals surface area contributed by atoms with Crippen LogP contribution in [0, 0.1) is 18.8 Å². The van der Waals surface area contributed by atoms with Gasteiger partial charge in [-0.3, -0.25) is 0 Å². The summed E-state index contributed by atoms with van der Waals surface area (Å²) in [4.78, 5) is 6.53. The molecule has 6 heteroatoms. The Hall–Kier alpha value is -2.89. The summed E-state index contributed by atoms with van der Waals surface area (Å²) < 4.78 is 1.94. The minimum Gasteiger partial charge on any atom is -0.507 e. The van der Waals surface area contributed by atoms with Gasteiger partial charge in [-0.25, -0.2) is 4.98 Å². The Morgan fingerprint density at radius 1 is 1.03 bits per heavy atom. The van der Waals surface area contributed by atoms with E-state index < -0.39 is 0 Å². The summed E-state index contributed by atoms with van der Waals surface area (Å²) in [5, 5.41) is 19.5. The number of benzene rings is 1. The highest BCUT2D eigenvalue weighted by Crippen LogP contribution is 2.43. The van der Waals surface area contributed by atoms with Crippen LogP contribution in [-0.4, -0.2) is 37.9 Å². The maximum absolute atomic E-state index is 10.6. The molecular weight excluding hydrogens is 362 g/mol. The van der Waals surface area contributed by atoms with E-state index in [-0.39, 0.29) is 5.75 Å². The van der Waals surface area contributed by atoms with E-state index in [4.69, 9.17) is 0 Å². The van der Waals surface area contributed by atoms with E-state index in [2.05, 4.69) is 27.1 Å². The highest BCUT2D eigenvalue weighted by atomic mass is 16.3. The number of phenols is 1. The Morgan fingerprint density at radius 3 is 2.45 bits per heavy atom. The van der Waals surface area contributed by atoms with Crippen molar-refractivity contribution in [1.29, 1.82) is 0 Å². The van der Waals surface area contributed by atoms with Crippen LogP contribution in [0.25, 0.3) is 16.9 Å². The van der Waals surface area contributed by atoms with Gasteiger partial charge in [-0.05, 0) is 62.3 Å². The molecule has 150 valence electrons. The fraction of sp³-hybridized carbons (Fsp3) is 0.435. The molecule has 2 aliphatic carbocycles. The van der Waals surface area contributed by atoms with Crippen LogP contribution in [0.4, 0.5) is 5.82 Å². The quantitative estimate of drug-likeness (QED) is 0.718. The molecule has 2 unspecified atom stereocenters. The summed E-state index contributed by atoms with van der Waals surface area (Å²) in [6, 6.07) is 10.1. The zero-order valence-corrected chi connectivity index (χ0v) is 17.0. The predicted molar refractivity (Wildman–Crippen MR) is 113 cm³/mol. The second-order valence-electron chi connectivity index (χ2n) is 8.60. The molecule has 5 rings (SSSR count). The van der Waals surface area contributed by atoms with Crippen LogP contribution >= 0.6 is 0 Å². The zero-order valence-electron chi connectivity index (χ0n) is 17.0. The molecule has 1 aromatic carbocycles. The van der Waals surface area contributed by atoms with Gasteiger partial charge in [-0.2, -0.15) is 0 Å². The largest absolute Gasteiger partial charge is 0.507 e. The molecule has 29 heavy (non-hydrogen) atoms. The first kappa shape index (κ1) is 18.2. The fourth-order valence-corrected chi connectivity index (χ4v) is 5.17. The molecule has 2 heterocycles. The fourth-order valence-electron chi connectivity index (χ4n) is 5.17. The Kier molecular flexibility index (Phi) is 4.49. The van der Waals surface area contributed by atoms with Gasteiger partial charge in [-0.1, -0.05) is 12.8 Å². The van der Waals surface area contributed by atoms with Crippen LogP contribution in [0.2, 0.25) is 0 Å². The van der Waals surface area contributed by atoms with Crippen LogP contribution in [0.15, 0.2) is 42.7 Å². The van der Waals surface area contributed by atoms with Crippen LogP contribution in [-0.2, 0) is 0 Å². The second-order valence-corrected chi connectivity index (χ2v) is 8.60. The van der Waals surface area contributed by atoms with Crippen molar-refractivity contribution in [3.8, 4) is 22.7 Å². The van der Waals surface area contributed by atoms with Gasteiger partial charge in [0, 0.05) is 37.1 Å². The van der Waals surface area contributed by atoms with E-state index in [1.165, 1.54) is 32.1 Å². The molecule has 2 aromatic heterocycles. The molecule has 2 saturated carbocycles. The number of aromatic hydroxyl groups is 1. The average molecular weight is 390 g/mol. The van der Waals surface area contributed by atoms with Gasteiger partial charge in [-0.15, -0.1) is 10.2 Å². The number of phenolic OH excluding ortho intramolecular Hbond substituents is 1. The van der Waals surface area contributed by atoms with Crippen LogP contribution in [0.1, 0.15) is 37.9 Å². The summed E-state index contributed by atoms with van der Waals surface area (Å²) in [5.41, 5.74) is 2.23. The maximum Gasteiger partial charge on any atom is 0.151 e. The Bertz CT molecular complexity index is 1000. The predicted octanol–water partition coefficient (Wildman–Crippen LogP) is 4.36. The third-order valence-corrected chi connectivity index (χ3v) is 6.78. The van der Waals surface area contributed by atoms with E-state index in [1.807, 2.05) is 42.0 Å². The molecule has 2 fully saturated rings. The zero-order chi connectivity index (χ0) is 20.0. The van der Waals surface area contributed by atoms with Crippen molar-refractivity contribution in [3.05, 3.63) is 48.5 Å². The van der Waals surface area contributed by atoms with Gasteiger partial charge in [0.05, 0.1) is 11.4 Å². The lowest BCUT2D eigenvalue weighted by Crippen LogP contribution is -2.37. The van der Waals surface area contributed by atoms with Gasteiger partial charge in [0.2, 0.25) is 0 Å². The molecule has 0 amide bonds. The van der Waals surface area contributed by atoms with E-state index in [1.54, 1.807) is 12.3 Å². The molecule has 1 N–H and O–H groups in total. The number of hydrogen-bond donors (Lipinski definition) is 1. The molecule has 6 nitrogen and oxygen atoms in total. The first-order chi connectivity index (χ1) is 14.1.